The summed E-state index contributed by atoms with van der Waals surface area (Å²) in [5.74, 6) is 0.101. The van der Waals surface area contributed by atoms with Crippen molar-refractivity contribution in [2.24, 2.45) is 0 Å². The summed E-state index contributed by atoms with van der Waals surface area (Å²) in [6, 6.07) is 13.6. The molecule has 0 fully saturated rings. The second-order valence-corrected chi connectivity index (χ2v) is 8.15. The van der Waals surface area contributed by atoms with Crippen molar-refractivity contribution < 1.29 is 14.3 Å². The van der Waals surface area contributed by atoms with Gasteiger partial charge >= 0.3 is 12.0 Å². The van der Waals surface area contributed by atoms with E-state index >= 15 is 0 Å². The Morgan fingerprint density at radius 1 is 1.09 bits per heavy atom. The number of carbonyl (C=O) groups is 2. The molecular weight excluding hydrogens is 440 g/mol. The van der Waals surface area contributed by atoms with Crippen molar-refractivity contribution in [3.8, 4) is 0 Å². The second-order valence-electron chi connectivity index (χ2n) is 7.08. The van der Waals surface area contributed by atoms with E-state index < -0.39 is 12.0 Å². The van der Waals surface area contributed by atoms with Gasteiger partial charge in [-0.15, -0.1) is 0 Å². The molecule has 0 aliphatic carbocycles. The minimum atomic E-state index is -0.467. The van der Waals surface area contributed by atoms with Crippen molar-refractivity contribution in [2.45, 2.75) is 30.2 Å². The van der Waals surface area contributed by atoms with Gasteiger partial charge in [0, 0.05) is 27.5 Å². The van der Waals surface area contributed by atoms with Crippen LogP contribution in [0.4, 0.5) is 16.2 Å². The van der Waals surface area contributed by atoms with Gasteiger partial charge in [0.2, 0.25) is 0 Å². The maximum absolute atomic E-state index is 12.4. The largest absolute Gasteiger partial charge is 0.465 e. The van der Waals surface area contributed by atoms with Crippen LogP contribution < -0.4 is 10.6 Å². The van der Waals surface area contributed by atoms with Crippen LogP contribution in [0.5, 0.6) is 0 Å². The molecule has 2 aromatic heterocycles. The number of fused-ring (bicyclic) bond motifs is 1. The SMILES string of the molecule is CCc1c(C)nc2ncnn2c1Sc1ccc(NC(=O)Nc2cccc(C(=O)OC)c2)cc1. The molecule has 2 N–H and O–H groups in total. The Morgan fingerprint density at radius 2 is 1.85 bits per heavy atom. The summed E-state index contributed by atoms with van der Waals surface area (Å²) in [6.45, 7) is 4.06. The summed E-state index contributed by atoms with van der Waals surface area (Å²) in [4.78, 5) is 33.7. The molecule has 0 saturated carbocycles. The fourth-order valence-corrected chi connectivity index (χ4v) is 4.45. The number of aryl methyl sites for hydroxylation is 1. The van der Waals surface area contributed by atoms with E-state index in [1.165, 1.54) is 13.4 Å². The number of aromatic nitrogens is 4. The molecule has 0 unspecified atom stereocenters. The predicted octanol–water partition coefficient (Wildman–Crippen LogP) is 4.58. The van der Waals surface area contributed by atoms with E-state index in [-0.39, 0.29) is 0 Å². The molecule has 0 spiro atoms. The smallest absolute Gasteiger partial charge is 0.337 e. The average molecular weight is 463 g/mol. The molecular formula is C23H22N6O3S. The van der Waals surface area contributed by atoms with Gasteiger partial charge in [0.05, 0.1) is 12.7 Å². The number of carbonyl (C=O) groups excluding carboxylic acids is 2. The molecule has 9 nitrogen and oxygen atoms in total. The minimum absolute atomic E-state index is 0.357. The molecule has 0 bridgehead atoms. The van der Waals surface area contributed by atoms with Crippen LogP contribution in [0.2, 0.25) is 0 Å². The molecule has 0 aliphatic heterocycles. The highest BCUT2D eigenvalue weighted by Crippen LogP contribution is 2.32. The number of ether oxygens (including phenoxy) is 1. The molecule has 0 radical (unpaired) electrons. The number of urea groups is 1. The number of hydrogen-bond acceptors (Lipinski definition) is 7. The quantitative estimate of drug-likeness (QED) is 0.319. The molecule has 2 amide bonds. The minimum Gasteiger partial charge on any atom is -0.465 e. The highest BCUT2D eigenvalue weighted by molar-refractivity contribution is 7.99. The molecule has 2 aromatic carbocycles. The lowest BCUT2D eigenvalue weighted by molar-refractivity contribution is 0.0600. The summed E-state index contributed by atoms with van der Waals surface area (Å²) in [5.41, 5.74) is 3.53. The third kappa shape index (κ3) is 4.96. The Hall–Kier alpha value is -3.92. The Labute approximate surface area is 194 Å². The molecule has 33 heavy (non-hydrogen) atoms. The van der Waals surface area contributed by atoms with Crippen LogP contribution in [0, 0.1) is 6.92 Å². The Balaban J connectivity index is 1.45. The highest BCUT2D eigenvalue weighted by atomic mass is 32.2. The van der Waals surface area contributed by atoms with Gasteiger partial charge < -0.3 is 15.4 Å². The van der Waals surface area contributed by atoms with Crippen molar-refractivity contribution in [3.05, 3.63) is 71.7 Å². The number of benzene rings is 2. The van der Waals surface area contributed by atoms with Crippen LogP contribution in [0.3, 0.4) is 0 Å². The van der Waals surface area contributed by atoms with Crippen molar-refractivity contribution >= 4 is 40.9 Å². The molecule has 0 aliphatic rings. The molecule has 2 heterocycles. The van der Waals surface area contributed by atoms with Gasteiger partial charge in [-0.05, 0) is 55.8 Å². The van der Waals surface area contributed by atoms with Gasteiger partial charge in [-0.3, -0.25) is 0 Å². The van der Waals surface area contributed by atoms with Gasteiger partial charge in [-0.25, -0.2) is 14.6 Å². The first-order chi connectivity index (χ1) is 16.0. The van der Waals surface area contributed by atoms with E-state index in [1.54, 1.807) is 40.5 Å². The van der Waals surface area contributed by atoms with E-state index in [1.807, 2.05) is 31.2 Å². The third-order valence-electron chi connectivity index (χ3n) is 4.91. The Morgan fingerprint density at radius 3 is 2.58 bits per heavy atom. The lowest BCUT2D eigenvalue weighted by Crippen LogP contribution is -2.19. The summed E-state index contributed by atoms with van der Waals surface area (Å²) in [6.07, 6.45) is 2.33. The van der Waals surface area contributed by atoms with Crippen LogP contribution in [0.25, 0.3) is 5.78 Å². The average Bonchev–Trinajstić information content (AvgIpc) is 3.28. The number of amides is 2. The zero-order valence-corrected chi connectivity index (χ0v) is 19.1. The molecule has 10 heteroatoms. The standard InChI is InChI=1S/C23H22N6O3S/c1-4-19-14(2)26-22-24-13-25-29(22)20(19)33-18-10-8-16(9-11-18)27-23(31)28-17-7-5-6-15(12-17)21(30)32-3/h5-13H,4H2,1-3H3,(H2,27,28,31). The highest BCUT2D eigenvalue weighted by Gasteiger charge is 2.15. The lowest BCUT2D eigenvalue weighted by atomic mass is 10.2. The summed E-state index contributed by atoms with van der Waals surface area (Å²) in [5, 5.41) is 10.8. The van der Waals surface area contributed by atoms with Crippen molar-refractivity contribution in [1.82, 2.24) is 19.6 Å². The summed E-state index contributed by atoms with van der Waals surface area (Å²) >= 11 is 1.57. The fraction of sp³-hybridized carbons (Fsp3) is 0.174. The number of esters is 1. The van der Waals surface area contributed by atoms with Crippen molar-refractivity contribution in [3.63, 3.8) is 0 Å². The molecule has 4 rings (SSSR count). The van der Waals surface area contributed by atoms with E-state index in [9.17, 15) is 9.59 Å². The number of methoxy groups -OCH3 is 1. The van der Waals surface area contributed by atoms with Crippen LogP contribution in [-0.2, 0) is 11.2 Å². The predicted molar refractivity (Wildman–Crippen MR) is 126 cm³/mol. The third-order valence-corrected chi connectivity index (χ3v) is 6.03. The Kier molecular flexibility index (Phi) is 6.55. The topological polar surface area (TPSA) is 111 Å². The van der Waals surface area contributed by atoms with Crippen LogP contribution in [0.1, 0.15) is 28.5 Å². The molecule has 168 valence electrons. The fourth-order valence-electron chi connectivity index (χ4n) is 3.32. The number of anilines is 2. The number of rotatable bonds is 6. The first-order valence-corrected chi connectivity index (χ1v) is 11.0. The van der Waals surface area contributed by atoms with Crippen LogP contribution in [-0.4, -0.2) is 38.7 Å². The van der Waals surface area contributed by atoms with E-state index in [0.717, 1.165) is 27.6 Å². The van der Waals surface area contributed by atoms with Gasteiger partial charge in [0.15, 0.2) is 0 Å². The van der Waals surface area contributed by atoms with E-state index in [2.05, 4.69) is 32.6 Å². The van der Waals surface area contributed by atoms with Crippen molar-refractivity contribution in [2.75, 3.05) is 17.7 Å². The zero-order valence-electron chi connectivity index (χ0n) is 18.3. The summed E-state index contributed by atoms with van der Waals surface area (Å²) < 4.78 is 6.45. The normalized spacial score (nSPS) is 10.8. The lowest BCUT2D eigenvalue weighted by Gasteiger charge is -2.12. The maximum Gasteiger partial charge on any atom is 0.337 e. The molecule has 0 saturated heterocycles. The zero-order chi connectivity index (χ0) is 23.4. The maximum atomic E-state index is 12.4. The van der Waals surface area contributed by atoms with Crippen LogP contribution in [0.15, 0.2) is 64.8 Å². The van der Waals surface area contributed by atoms with Gasteiger partial charge in [-0.2, -0.15) is 14.6 Å². The number of nitrogens with zero attached hydrogens (tertiary/aromatic N) is 4. The second kappa shape index (κ2) is 9.70. The van der Waals surface area contributed by atoms with E-state index in [4.69, 9.17) is 4.74 Å². The number of nitrogens with one attached hydrogen (secondary N) is 2. The van der Waals surface area contributed by atoms with Crippen molar-refractivity contribution in [1.29, 1.82) is 0 Å². The monoisotopic (exact) mass is 462 g/mol. The first-order valence-electron chi connectivity index (χ1n) is 10.2. The molecule has 4 aromatic rings. The summed E-state index contributed by atoms with van der Waals surface area (Å²) in [7, 11) is 1.31. The van der Waals surface area contributed by atoms with E-state index in [0.29, 0.717) is 22.7 Å². The van der Waals surface area contributed by atoms with Gasteiger partial charge in [0.25, 0.3) is 5.78 Å². The first kappa shape index (κ1) is 22.3. The van der Waals surface area contributed by atoms with Gasteiger partial charge in [-0.1, -0.05) is 24.8 Å². The van der Waals surface area contributed by atoms with Gasteiger partial charge in [0.1, 0.15) is 11.4 Å². The number of hydrogen-bond donors (Lipinski definition) is 2. The van der Waals surface area contributed by atoms with Crippen LogP contribution >= 0.6 is 11.8 Å². The molecule has 0 atom stereocenters. The Bertz CT molecular complexity index is 1320.